The Bertz CT molecular complexity index is 1150. The summed E-state index contributed by atoms with van der Waals surface area (Å²) in [6.07, 6.45) is 8.71. The van der Waals surface area contributed by atoms with E-state index in [0.29, 0.717) is 13.0 Å². The van der Waals surface area contributed by atoms with Crippen molar-refractivity contribution >= 4 is 5.91 Å². The van der Waals surface area contributed by atoms with E-state index in [-0.39, 0.29) is 12.0 Å². The molecule has 1 fully saturated rings. The molecule has 0 spiro atoms. The Kier molecular flexibility index (Phi) is 5.85. The summed E-state index contributed by atoms with van der Waals surface area (Å²) in [4.78, 5) is 23.6. The van der Waals surface area contributed by atoms with Gasteiger partial charge in [-0.25, -0.2) is 9.97 Å². The quantitative estimate of drug-likeness (QED) is 0.628. The van der Waals surface area contributed by atoms with E-state index in [2.05, 4.69) is 52.1 Å². The zero-order valence-corrected chi connectivity index (χ0v) is 19.0. The summed E-state index contributed by atoms with van der Waals surface area (Å²) in [6.45, 7) is 4.54. The molecule has 1 amide bonds. The standard InChI is InChI=1S/C27H30N4O2/c1-19-11-22-12-20(7-8-25(22)33-19)16-31-10-4-9-27(17-31,26(28)32)13-21-5-2-3-6-24(21)23-14-29-18-30-15-23/h2-3,5-8,12,14-15,18-19H,4,9-11,13,16-17H2,1H3,(H2,28,32)/t19-,27+/m1/s1. The fourth-order valence-corrected chi connectivity index (χ4v) is 5.39. The average molecular weight is 443 g/mol. The lowest BCUT2D eigenvalue weighted by atomic mass is 9.73. The van der Waals surface area contributed by atoms with Gasteiger partial charge < -0.3 is 10.5 Å². The van der Waals surface area contributed by atoms with Crippen LogP contribution in [0.1, 0.15) is 36.5 Å². The van der Waals surface area contributed by atoms with Gasteiger partial charge in [0.2, 0.25) is 5.91 Å². The van der Waals surface area contributed by atoms with E-state index in [0.717, 1.165) is 54.8 Å². The third-order valence-electron chi connectivity index (χ3n) is 6.96. The molecule has 6 nitrogen and oxygen atoms in total. The lowest BCUT2D eigenvalue weighted by molar-refractivity contribution is -0.131. The number of hydrogen-bond donors (Lipinski definition) is 1. The van der Waals surface area contributed by atoms with Crippen molar-refractivity contribution in [2.45, 2.75) is 45.3 Å². The van der Waals surface area contributed by atoms with Crippen LogP contribution in [-0.4, -0.2) is 40.0 Å². The van der Waals surface area contributed by atoms with E-state index in [1.165, 1.54) is 17.5 Å². The topological polar surface area (TPSA) is 81.3 Å². The Balaban J connectivity index is 1.38. The van der Waals surface area contributed by atoms with Crippen molar-refractivity contribution in [2.75, 3.05) is 13.1 Å². The van der Waals surface area contributed by atoms with Crippen molar-refractivity contribution in [1.29, 1.82) is 0 Å². The van der Waals surface area contributed by atoms with Gasteiger partial charge in [0.15, 0.2) is 0 Å². The highest BCUT2D eigenvalue weighted by atomic mass is 16.5. The summed E-state index contributed by atoms with van der Waals surface area (Å²) >= 11 is 0. The van der Waals surface area contributed by atoms with Crippen LogP contribution < -0.4 is 10.5 Å². The molecule has 1 saturated heterocycles. The Morgan fingerprint density at radius 1 is 1.21 bits per heavy atom. The normalized spacial score (nSPS) is 22.5. The Labute approximate surface area is 194 Å². The second kappa shape index (κ2) is 8.94. The van der Waals surface area contributed by atoms with Gasteiger partial charge in [-0.3, -0.25) is 9.69 Å². The minimum absolute atomic E-state index is 0.220. The first kappa shape index (κ1) is 21.6. The molecule has 0 saturated carbocycles. The van der Waals surface area contributed by atoms with Crippen LogP contribution >= 0.6 is 0 Å². The molecule has 33 heavy (non-hydrogen) atoms. The predicted molar refractivity (Wildman–Crippen MR) is 128 cm³/mol. The summed E-state index contributed by atoms with van der Waals surface area (Å²) in [7, 11) is 0. The number of nitrogens with two attached hydrogens (primary N) is 1. The third-order valence-corrected chi connectivity index (χ3v) is 6.96. The number of piperidine rings is 1. The zero-order chi connectivity index (χ0) is 22.8. The van der Waals surface area contributed by atoms with Crippen molar-refractivity contribution in [3.05, 3.63) is 77.9 Å². The smallest absolute Gasteiger partial charge is 0.225 e. The molecule has 0 radical (unpaired) electrons. The van der Waals surface area contributed by atoms with Crippen LogP contribution in [0.2, 0.25) is 0 Å². The molecule has 6 heteroatoms. The minimum atomic E-state index is -0.599. The van der Waals surface area contributed by atoms with Gasteiger partial charge in [0.25, 0.3) is 0 Å². The highest BCUT2D eigenvalue weighted by Gasteiger charge is 2.41. The zero-order valence-electron chi connectivity index (χ0n) is 19.0. The number of benzene rings is 2. The number of carbonyl (C=O) groups is 1. The second-order valence-electron chi connectivity index (χ2n) is 9.49. The molecule has 2 N–H and O–H groups in total. The van der Waals surface area contributed by atoms with Gasteiger partial charge in [0.1, 0.15) is 18.2 Å². The van der Waals surface area contributed by atoms with Crippen molar-refractivity contribution in [3.8, 4) is 16.9 Å². The first-order valence-corrected chi connectivity index (χ1v) is 11.7. The maximum absolute atomic E-state index is 12.9. The van der Waals surface area contributed by atoms with Gasteiger partial charge in [0.05, 0.1) is 5.41 Å². The van der Waals surface area contributed by atoms with Crippen LogP contribution in [-0.2, 0) is 24.2 Å². The summed E-state index contributed by atoms with van der Waals surface area (Å²) in [5.74, 6) is 0.778. The molecular weight excluding hydrogens is 412 g/mol. The molecule has 170 valence electrons. The van der Waals surface area contributed by atoms with Crippen LogP contribution in [0.5, 0.6) is 5.75 Å². The van der Waals surface area contributed by atoms with E-state index >= 15 is 0 Å². The molecular formula is C27H30N4O2. The lowest BCUT2D eigenvalue weighted by Crippen LogP contribution is -2.51. The minimum Gasteiger partial charge on any atom is -0.490 e. The molecule has 0 bridgehead atoms. The third kappa shape index (κ3) is 4.48. The molecule has 2 atom stereocenters. The number of primary amides is 1. The number of fused-ring (bicyclic) bond motifs is 1. The number of hydrogen-bond acceptors (Lipinski definition) is 5. The number of nitrogens with zero attached hydrogens (tertiary/aromatic N) is 3. The van der Waals surface area contributed by atoms with Gasteiger partial charge >= 0.3 is 0 Å². The van der Waals surface area contributed by atoms with Crippen LogP contribution in [0.25, 0.3) is 11.1 Å². The van der Waals surface area contributed by atoms with Gasteiger partial charge in [-0.2, -0.15) is 0 Å². The predicted octanol–water partition coefficient (Wildman–Crippen LogP) is 3.78. The van der Waals surface area contributed by atoms with Crippen molar-refractivity contribution in [3.63, 3.8) is 0 Å². The number of rotatable bonds is 6. The largest absolute Gasteiger partial charge is 0.490 e. The van der Waals surface area contributed by atoms with Crippen LogP contribution in [0, 0.1) is 5.41 Å². The van der Waals surface area contributed by atoms with Crippen LogP contribution in [0.15, 0.2) is 61.2 Å². The van der Waals surface area contributed by atoms with Gasteiger partial charge in [-0.1, -0.05) is 36.4 Å². The summed E-state index contributed by atoms with van der Waals surface area (Å²) in [5, 5.41) is 0. The van der Waals surface area contributed by atoms with Gasteiger partial charge in [0, 0.05) is 37.5 Å². The monoisotopic (exact) mass is 442 g/mol. The van der Waals surface area contributed by atoms with Crippen LogP contribution in [0.4, 0.5) is 0 Å². The van der Waals surface area contributed by atoms with E-state index < -0.39 is 5.41 Å². The van der Waals surface area contributed by atoms with E-state index in [9.17, 15) is 4.79 Å². The second-order valence-corrected chi connectivity index (χ2v) is 9.49. The summed E-state index contributed by atoms with van der Waals surface area (Å²) < 4.78 is 5.85. The molecule has 5 rings (SSSR count). The first-order chi connectivity index (χ1) is 16.0. The molecule has 3 aromatic rings. The number of aromatic nitrogens is 2. The molecule has 2 aliphatic heterocycles. The van der Waals surface area contributed by atoms with Gasteiger partial charge in [-0.15, -0.1) is 0 Å². The number of carbonyl (C=O) groups excluding carboxylic acids is 1. The summed E-state index contributed by atoms with van der Waals surface area (Å²) in [5.41, 5.74) is 11.1. The fraction of sp³-hybridized carbons (Fsp3) is 0.370. The molecule has 1 aromatic heterocycles. The fourth-order valence-electron chi connectivity index (χ4n) is 5.39. The van der Waals surface area contributed by atoms with E-state index in [1.54, 1.807) is 0 Å². The van der Waals surface area contributed by atoms with Gasteiger partial charge in [-0.05, 0) is 61.1 Å². The lowest BCUT2D eigenvalue weighted by Gasteiger charge is -2.41. The number of amides is 1. The van der Waals surface area contributed by atoms with E-state index in [4.69, 9.17) is 10.5 Å². The molecule has 3 heterocycles. The van der Waals surface area contributed by atoms with Crippen molar-refractivity contribution < 1.29 is 9.53 Å². The van der Waals surface area contributed by atoms with Crippen LogP contribution in [0.3, 0.4) is 0 Å². The number of ether oxygens (including phenoxy) is 1. The number of likely N-dealkylation sites (tertiary alicyclic amines) is 1. The summed E-state index contributed by atoms with van der Waals surface area (Å²) in [6, 6.07) is 14.7. The molecule has 2 aromatic carbocycles. The maximum Gasteiger partial charge on any atom is 0.225 e. The maximum atomic E-state index is 12.9. The average Bonchev–Trinajstić information content (AvgIpc) is 3.19. The van der Waals surface area contributed by atoms with Crippen molar-refractivity contribution in [1.82, 2.24) is 14.9 Å². The molecule has 0 unspecified atom stereocenters. The first-order valence-electron chi connectivity index (χ1n) is 11.7. The highest BCUT2D eigenvalue weighted by Crippen LogP contribution is 2.37. The molecule has 2 aliphatic rings. The Morgan fingerprint density at radius 2 is 2.03 bits per heavy atom. The van der Waals surface area contributed by atoms with E-state index in [1.807, 2.05) is 24.5 Å². The van der Waals surface area contributed by atoms with Crippen molar-refractivity contribution in [2.24, 2.45) is 11.1 Å². The Hall–Kier alpha value is -3.25. The highest BCUT2D eigenvalue weighted by molar-refractivity contribution is 5.82. The molecule has 0 aliphatic carbocycles. The Morgan fingerprint density at radius 3 is 2.85 bits per heavy atom. The SMILES string of the molecule is C[C@@H]1Cc2cc(CN3CCC[C@@](Cc4ccccc4-c4cncnc4)(C(N)=O)C3)ccc2O1.